The molecule has 0 radical (unpaired) electrons. The fourth-order valence-corrected chi connectivity index (χ4v) is 4.23. The minimum atomic E-state index is 0.368. The Balaban J connectivity index is 1.37. The Morgan fingerprint density at radius 3 is 2.27 bits per heavy atom. The molecule has 1 atom stereocenters. The fourth-order valence-electron chi connectivity index (χ4n) is 3.85. The molecule has 0 bridgehead atoms. The van der Waals surface area contributed by atoms with E-state index in [2.05, 4.69) is 44.3 Å². The third-order valence-electron chi connectivity index (χ3n) is 5.29. The van der Waals surface area contributed by atoms with Crippen molar-refractivity contribution in [3.8, 4) is 0 Å². The van der Waals surface area contributed by atoms with Crippen molar-refractivity contribution in [2.45, 2.75) is 6.17 Å². The van der Waals surface area contributed by atoms with Crippen LogP contribution in [-0.2, 0) is 0 Å². The SMILES string of the molecule is Clc1ccc(N2CCN(C3CN(c4ccccc4Cl)CCN3)CC2)cc1. The number of anilines is 2. The van der Waals surface area contributed by atoms with E-state index in [0.29, 0.717) is 6.17 Å². The maximum absolute atomic E-state index is 6.40. The van der Waals surface area contributed by atoms with Gasteiger partial charge in [0.1, 0.15) is 0 Å². The topological polar surface area (TPSA) is 21.8 Å². The Morgan fingerprint density at radius 1 is 0.808 bits per heavy atom. The highest BCUT2D eigenvalue weighted by Gasteiger charge is 2.28. The molecule has 2 aromatic carbocycles. The first-order valence-electron chi connectivity index (χ1n) is 9.18. The molecule has 2 heterocycles. The molecule has 1 N–H and O–H groups in total. The quantitative estimate of drug-likeness (QED) is 0.864. The average Bonchev–Trinajstić information content (AvgIpc) is 2.69. The number of piperazine rings is 2. The van der Waals surface area contributed by atoms with Gasteiger partial charge in [-0.3, -0.25) is 10.2 Å². The molecule has 0 amide bonds. The molecule has 2 aliphatic rings. The van der Waals surface area contributed by atoms with Crippen molar-refractivity contribution in [3.05, 3.63) is 58.6 Å². The number of halogens is 2. The van der Waals surface area contributed by atoms with Crippen molar-refractivity contribution >= 4 is 34.6 Å². The number of rotatable bonds is 3. The van der Waals surface area contributed by atoms with Gasteiger partial charge in [-0.1, -0.05) is 35.3 Å². The predicted molar refractivity (Wildman–Crippen MR) is 111 cm³/mol. The number of nitrogens with zero attached hydrogens (tertiary/aromatic N) is 3. The molecule has 2 aliphatic heterocycles. The molecule has 138 valence electrons. The van der Waals surface area contributed by atoms with E-state index in [9.17, 15) is 0 Å². The Morgan fingerprint density at radius 2 is 1.54 bits per heavy atom. The van der Waals surface area contributed by atoms with Crippen molar-refractivity contribution in [2.24, 2.45) is 0 Å². The summed E-state index contributed by atoms with van der Waals surface area (Å²) in [6, 6.07) is 16.3. The molecule has 2 fully saturated rings. The molecule has 26 heavy (non-hydrogen) atoms. The Hall–Kier alpha value is -1.46. The highest BCUT2D eigenvalue weighted by Crippen LogP contribution is 2.27. The van der Waals surface area contributed by atoms with Gasteiger partial charge in [0.25, 0.3) is 0 Å². The van der Waals surface area contributed by atoms with Crippen molar-refractivity contribution in [1.82, 2.24) is 10.2 Å². The van der Waals surface area contributed by atoms with E-state index in [-0.39, 0.29) is 0 Å². The number of para-hydroxylation sites is 1. The summed E-state index contributed by atoms with van der Waals surface area (Å²) >= 11 is 12.4. The molecule has 2 aromatic rings. The minimum Gasteiger partial charge on any atom is -0.369 e. The first-order chi connectivity index (χ1) is 12.7. The van der Waals surface area contributed by atoms with E-state index in [0.717, 1.165) is 61.5 Å². The summed E-state index contributed by atoms with van der Waals surface area (Å²) in [5.41, 5.74) is 2.39. The van der Waals surface area contributed by atoms with Gasteiger partial charge in [0, 0.05) is 56.5 Å². The standard InChI is InChI=1S/C20H24Cl2N4/c21-16-5-7-17(8-6-16)24-11-13-25(14-12-24)20-15-26(10-9-23-20)19-4-2-1-3-18(19)22/h1-8,20,23H,9-15H2. The maximum atomic E-state index is 6.40. The van der Waals surface area contributed by atoms with Crippen LogP contribution in [0.4, 0.5) is 11.4 Å². The third kappa shape index (κ3) is 3.94. The van der Waals surface area contributed by atoms with Gasteiger partial charge in [0.05, 0.1) is 16.9 Å². The lowest BCUT2D eigenvalue weighted by atomic mass is 10.2. The number of nitrogens with one attached hydrogen (secondary N) is 1. The lowest BCUT2D eigenvalue weighted by molar-refractivity contribution is 0.149. The Labute approximate surface area is 165 Å². The predicted octanol–water partition coefficient (Wildman–Crippen LogP) is 3.55. The van der Waals surface area contributed by atoms with Crippen LogP contribution in [0.3, 0.4) is 0 Å². The molecule has 2 saturated heterocycles. The smallest absolute Gasteiger partial charge is 0.0779 e. The molecule has 1 unspecified atom stereocenters. The molecule has 4 nitrogen and oxygen atoms in total. The van der Waals surface area contributed by atoms with Crippen LogP contribution < -0.4 is 15.1 Å². The second-order valence-electron chi connectivity index (χ2n) is 6.87. The van der Waals surface area contributed by atoms with Gasteiger partial charge in [-0.05, 0) is 36.4 Å². The summed E-state index contributed by atoms with van der Waals surface area (Å²) in [5.74, 6) is 0. The zero-order valence-corrected chi connectivity index (χ0v) is 16.3. The summed E-state index contributed by atoms with van der Waals surface area (Å²) in [5, 5.41) is 5.30. The van der Waals surface area contributed by atoms with E-state index < -0.39 is 0 Å². The van der Waals surface area contributed by atoms with Crippen molar-refractivity contribution in [2.75, 3.05) is 55.6 Å². The zero-order valence-electron chi connectivity index (χ0n) is 14.7. The summed E-state index contributed by atoms with van der Waals surface area (Å²) in [6.45, 7) is 7.11. The van der Waals surface area contributed by atoms with Crippen LogP contribution in [0.5, 0.6) is 0 Å². The largest absolute Gasteiger partial charge is 0.369 e. The van der Waals surface area contributed by atoms with Crippen LogP contribution >= 0.6 is 23.2 Å². The van der Waals surface area contributed by atoms with Gasteiger partial charge in [-0.15, -0.1) is 0 Å². The van der Waals surface area contributed by atoms with Crippen molar-refractivity contribution < 1.29 is 0 Å². The van der Waals surface area contributed by atoms with Crippen LogP contribution in [0.2, 0.25) is 10.0 Å². The summed E-state index contributed by atoms with van der Waals surface area (Å²) in [7, 11) is 0. The average molecular weight is 391 g/mol. The van der Waals surface area contributed by atoms with Gasteiger partial charge in [0.2, 0.25) is 0 Å². The highest BCUT2D eigenvalue weighted by atomic mass is 35.5. The number of hydrogen-bond acceptors (Lipinski definition) is 4. The highest BCUT2D eigenvalue weighted by molar-refractivity contribution is 6.33. The molecular weight excluding hydrogens is 367 g/mol. The Kier molecular flexibility index (Phi) is 5.55. The summed E-state index contributed by atoms with van der Waals surface area (Å²) in [4.78, 5) is 7.38. The van der Waals surface area contributed by atoms with Crippen LogP contribution in [0.15, 0.2) is 48.5 Å². The summed E-state index contributed by atoms with van der Waals surface area (Å²) in [6.07, 6.45) is 0.368. The lowest BCUT2D eigenvalue weighted by Crippen LogP contribution is -2.62. The van der Waals surface area contributed by atoms with E-state index in [1.54, 1.807) is 0 Å². The molecule has 6 heteroatoms. The fraction of sp³-hybridized carbons (Fsp3) is 0.400. The molecular formula is C20H24Cl2N4. The lowest BCUT2D eigenvalue weighted by Gasteiger charge is -2.45. The van der Waals surface area contributed by atoms with Crippen molar-refractivity contribution in [3.63, 3.8) is 0 Å². The van der Waals surface area contributed by atoms with Gasteiger partial charge in [-0.25, -0.2) is 0 Å². The number of hydrogen-bond donors (Lipinski definition) is 1. The second kappa shape index (κ2) is 8.05. The van der Waals surface area contributed by atoms with Gasteiger partial charge >= 0.3 is 0 Å². The van der Waals surface area contributed by atoms with Gasteiger partial charge < -0.3 is 9.80 Å². The summed E-state index contributed by atoms with van der Waals surface area (Å²) < 4.78 is 0. The van der Waals surface area contributed by atoms with Crippen molar-refractivity contribution in [1.29, 1.82) is 0 Å². The normalized spacial score (nSPS) is 21.8. The molecule has 0 spiro atoms. The van der Waals surface area contributed by atoms with E-state index in [4.69, 9.17) is 23.2 Å². The molecule has 0 saturated carbocycles. The van der Waals surface area contributed by atoms with Gasteiger partial charge in [0.15, 0.2) is 0 Å². The van der Waals surface area contributed by atoms with Crippen LogP contribution in [0.1, 0.15) is 0 Å². The van der Waals surface area contributed by atoms with E-state index >= 15 is 0 Å². The van der Waals surface area contributed by atoms with Crippen LogP contribution in [0, 0.1) is 0 Å². The first kappa shape index (κ1) is 17.9. The maximum Gasteiger partial charge on any atom is 0.0779 e. The van der Waals surface area contributed by atoms with Crippen LogP contribution in [-0.4, -0.2) is 56.9 Å². The first-order valence-corrected chi connectivity index (χ1v) is 9.94. The monoisotopic (exact) mass is 390 g/mol. The van der Waals surface area contributed by atoms with E-state index in [1.165, 1.54) is 5.69 Å². The van der Waals surface area contributed by atoms with E-state index in [1.807, 2.05) is 24.3 Å². The molecule has 0 aromatic heterocycles. The third-order valence-corrected chi connectivity index (χ3v) is 5.87. The number of benzene rings is 2. The molecule has 0 aliphatic carbocycles. The Bertz CT molecular complexity index is 729. The zero-order chi connectivity index (χ0) is 17.9. The van der Waals surface area contributed by atoms with Crippen LogP contribution in [0.25, 0.3) is 0 Å². The van der Waals surface area contributed by atoms with Gasteiger partial charge in [-0.2, -0.15) is 0 Å². The molecule has 4 rings (SSSR count). The second-order valence-corrected chi connectivity index (χ2v) is 7.71. The minimum absolute atomic E-state index is 0.368.